The van der Waals surface area contributed by atoms with E-state index in [1.807, 2.05) is 24.3 Å². The number of halogens is 1. The van der Waals surface area contributed by atoms with Crippen molar-refractivity contribution in [3.63, 3.8) is 0 Å². The lowest BCUT2D eigenvalue weighted by Gasteiger charge is -2.27. The number of rotatable bonds is 6. The van der Waals surface area contributed by atoms with Crippen molar-refractivity contribution in [3.8, 4) is 0 Å². The van der Waals surface area contributed by atoms with Gasteiger partial charge in [0, 0.05) is 10.5 Å². The van der Waals surface area contributed by atoms with Crippen molar-refractivity contribution >= 4 is 27.9 Å². The van der Waals surface area contributed by atoms with Crippen molar-refractivity contribution in [1.82, 2.24) is 5.32 Å². The Morgan fingerprint density at radius 1 is 1.21 bits per heavy atom. The molecule has 0 aliphatic carbocycles. The molecule has 1 aromatic carbocycles. The largest absolute Gasteiger partial charge is 0.394 e. The van der Waals surface area contributed by atoms with Gasteiger partial charge < -0.3 is 20.6 Å². The van der Waals surface area contributed by atoms with Gasteiger partial charge in [0.2, 0.25) is 5.91 Å². The summed E-state index contributed by atoms with van der Waals surface area (Å²) in [7, 11) is 0. The topological polar surface area (TPSA) is 89.8 Å². The summed E-state index contributed by atoms with van der Waals surface area (Å²) in [6.45, 7) is -1.64. The molecule has 19 heavy (non-hydrogen) atoms. The van der Waals surface area contributed by atoms with Crippen LogP contribution in [0.1, 0.15) is 5.56 Å². The van der Waals surface area contributed by atoms with Gasteiger partial charge in [-0.15, -0.1) is 0 Å². The molecule has 5 nitrogen and oxygen atoms in total. The van der Waals surface area contributed by atoms with Crippen LogP contribution in [0.5, 0.6) is 0 Å². The number of aliphatic hydroxyl groups excluding tert-OH is 3. The minimum atomic E-state index is -1.41. The van der Waals surface area contributed by atoms with Crippen LogP contribution in [0.15, 0.2) is 34.8 Å². The van der Waals surface area contributed by atoms with Gasteiger partial charge in [-0.1, -0.05) is 34.1 Å². The van der Waals surface area contributed by atoms with Crippen LogP contribution in [-0.2, 0) is 4.79 Å². The van der Waals surface area contributed by atoms with Crippen molar-refractivity contribution in [2.24, 2.45) is 0 Å². The first kappa shape index (κ1) is 15.8. The smallest absolute Gasteiger partial charge is 0.244 e. The third-order valence-electron chi connectivity index (χ3n) is 2.62. The normalized spacial score (nSPS) is 11.8. The maximum absolute atomic E-state index is 11.7. The molecule has 0 atom stereocenters. The molecule has 1 amide bonds. The Bertz CT molecular complexity index is 449. The zero-order chi connectivity index (χ0) is 14.3. The fourth-order valence-electron chi connectivity index (χ4n) is 1.35. The lowest BCUT2D eigenvalue weighted by atomic mass is 10.0. The van der Waals surface area contributed by atoms with Gasteiger partial charge in [0.15, 0.2) is 0 Å². The predicted octanol–water partition coefficient (Wildman–Crippen LogP) is 0.294. The Kier molecular flexibility index (Phi) is 6.17. The number of carbonyl (C=O) groups is 1. The second kappa shape index (κ2) is 7.40. The van der Waals surface area contributed by atoms with Gasteiger partial charge >= 0.3 is 0 Å². The summed E-state index contributed by atoms with van der Waals surface area (Å²) in [4.78, 5) is 11.7. The number of aliphatic hydroxyl groups is 3. The van der Waals surface area contributed by atoms with Gasteiger partial charge in [-0.3, -0.25) is 4.79 Å². The third kappa shape index (κ3) is 4.43. The first-order chi connectivity index (χ1) is 9.06. The zero-order valence-corrected chi connectivity index (χ0v) is 11.8. The molecular formula is C13H16BrNO4. The molecule has 1 rings (SSSR count). The van der Waals surface area contributed by atoms with Gasteiger partial charge in [0.05, 0.1) is 19.8 Å². The highest BCUT2D eigenvalue weighted by atomic mass is 79.9. The minimum Gasteiger partial charge on any atom is -0.394 e. The molecule has 0 spiro atoms. The number of hydrogen-bond acceptors (Lipinski definition) is 4. The minimum absolute atomic E-state index is 0.507. The third-order valence-corrected chi connectivity index (χ3v) is 3.34. The van der Waals surface area contributed by atoms with Crippen LogP contribution in [0.2, 0.25) is 0 Å². The van der Waals surface area contributed by atoms with Gasteiger partial charge in [-0.25, -0.2) is 0 Å². The van der Waals surface area contributed by atoms with Crippen LogP contribution in [-0.4, -0.2) is 46.6 Å². The Hall–Kier alpha value is -1.21. The first-order valence-corrected chi connectivity index (χ1v) is 6.43. The van der Waals surface area contributed by atoms with E-state index < -0.39 is 31.3 Å². The molecule has 4 N–H and O–H groups in total. The SMILES string of the molecule is O=C(/C=C/c1ccccc1Br)NC(CO)(CO)CO. The second-order valence-corrected chi connectivity index (χ2v) is 4.95. The van der Waals surface area contributed by atoms with E-state index in [0.29, 0.717) is 0 Å². The van der Waals surface area contributed by atoms with E-state index in [9.17, 15) is 4.79 Å². The van der Waals surface area contributed by atoms with Crippen molar-refractivity contribution in [3.05, 3.63) is 40.4 Å². The molecule has 0 bridgehead atoms. The number of amides is 1. The Balaban J connectivity index is 2.73. The van der Waals surface area contributed by atoms with Crippen LogP contribution in [0.25, 0.3) is 6.08 Å². The molecule has 0 aliphatic rings. The first-order valence-electron chi connectivity index (χ1n) is 5.64. The molecular weight excluding hydrogens is 314 g/mol. The molecule has 0 radical (unpaired) electrons. The van der Waals surface area contributed by atoms with Crippen LogP contribution >= 0.6 is 15.9 Å². The molecule has 1 aromatic rings. The molecule has 104 valence electrons. The molecule has 0 aromatic heterocycles. The lowest BCUT2D eigenvalue weighted by Crippen LogP contribution is -2.56. The zero-order valence-electron chi connectivity index (χ0n) is 10.2. The van der Waals surface area contributed by atoms with E-state index in [-0.39, 0.29) is 0 Å². The predicted molar refractivity (Wildman–Crippen MR) is 75.3 cm³/mol. The average Bonchev–Trinajstić information content (AvgIpc) is 2.44. The Morgan fingerprint density at radius 2 is 1.79 bits per heavy atom. The summed E-state index contributed by atoms with van der Waals surface area (Å²) in [5.74, 6) is -0.507. The summed E-state index contributed by atoms with van der Waals surface area (Å²) in [5, 5.41) is 29.6. The number of nitrogens with one attached hydrogen (secondary N) is 1. The van der Waals surface area contributed by atoms with E-state index >= 15 is 0 Å². The lowest BCUT2D eigenvalue weighted by molar-refractivity contribution is -0.120. The quantitative estimate of drug-likeness (QED) is 0.565. The maximum Gasteiger partial charge on any atom is 0.244 e. The van der Waals surface area contributed by atoms with E-state index in [0.717, 1.165) is 10.0 Å². The van der Waals surface area contributed by atoms with Gasteiger partial charge in [-0.2, -0.15) is 0 Å². The van der Waals surface area contributed by atoms with Gasteiger partial charge in [-0.05, 0) is 17.7 Å². The highest BCUT2D eigenvalue weighted by molar-refractivity contribution is 9.10. The summed E-state index contributed by atoms with van der Waals surface area (Å²) in [5.41, 5.74) is -0.588. The molecule has 0 aliphatic heterocycles. The van der Waals surface area contributed by atoms with Crippen molar-refractivity contribution < 1.29 is 20.1 Å². The van der Waals surface area contributed by atoms with Crippen LogP contribution in [0.3, 0.4) is 0 Å². The highest BCUT2D eigenvalue weighted by Crippen LogP contribution is 2.17. The highest BCUT2D eigenvalue weighted by Gasteiger charge is 2.29. The fraction of sp³-hybridized carbons (Fsp3) is 0.308. The average molecular weight is 330 g/mol. The van der Waals surface area contributed by atoms with E-state index in [1.165, 1.54) is 6.08 Å². The monoisotopic (exact) mass is 329 g/mol. The van der Waals surface area contributed by atoms with Crippen LogP contribution < -0.4 is 5.32 Å². The summed E-state index contributed by atoms with van der Waals surface area (Å²) < 4.78 is 0.844. The van der Waals surface area contributed by atoms with Crippen LogP contribution in [0, 0.1) is 0 Å². The fourth-order valence-corrected chi connectivity index (χ4v) is 1.76. The molecule has 0 fully saturated rings. The summed E-state index contributed by atoms with van der Waals surface area (Å²) in [6.07, 6.45) is 2.87. The number of benzene rings is 1. The molecule has 6 heteroatoms. The molecule has 0 heterocycles. The number of carbonyl (C=O) groups excluding carboxylic acids is 1. The Morgan fingerprint density at radius 3 is 2.32 bits per heavy atom. The van der Waals surface area contributed by atoms with E-state index in [1.54, 1.807) is 6.08 Å². The molecule has 0 unspecified atom stereocenters. The molecule has 0 saturated heterocycles. The summed E-state index contributed by atoms with van der Waals surface area (Å²) in [6, 6.07) is 7.36. The van der Waals surface area contributed by atoms with Gasteiger partial charge in [0.25, 0.3) is 0 Å². The standard InChI is InChI=1S/C13H16BrNO4/c14-11-4-2-1-3-10(11)5-6-12(19)15-13(7-16,8-17)9-18/h1-6,16-18H,7-9H2,(H,15,19)/b6-5+. The van der Waals surface area contributed by atoms with Crippen molar-refractivity contribution in [2.75, 3.05) is 19.8 Å². The Labute approximate surface area is 119 Å². The van der Waals surface area contributed by atoms with Crippen LogP contribution in [0.4, 0.5) is 0 Å². The maximum atomic E-state index is 11.7. The van der Waals surface area contributed by atoms with Gasteiger partial charge in [0.1, 0.15) is 5.54 Å². The van der Waals surface area contributed by atoms with E-state index in [4.69, 9.17) is 15.3 Å². The van der Waals surface area contributed by atoms with Crippen molar-refractivity contribution in [2.45, 2.75) is 5.54 Å². The number of hydrogen-bond donors (Lipinski definition) is 4. The van der Waals surface area contributed by atoms with E-state index in [2.05, 4.69) is 21.2 Å². The summed E-state index contributed by atoms with van der Waals surface area (Å²) >= 11 is 3.35. The molecule has 0 saturated carbocycles. The second-order valence-electron chi connectivity index (χ2n) is 4.10. The van der Waals surface area contributed by atoms with Crippen molar-refractivity contribution in [1.29, 1.82) is 0 Å².